The number of hydrogen-bond acceptors (Lipinski definition) is 2. The van der Waals surface area contributed by atoms with Gasteiger partial charge in [0.15, 0.2) is 0 Å². The van der Waals surface area contributed by atoms with Crippen molar-refractivity contribution in [2.24, 2.45) is 11.8 Å². The Hall–Kier alpha value is -2.83. The van der Waals surface area contributed by atoms with E-state index in [0.717, 1.165) is 18.2 Å². The van der Waals surface area contributed by atoms with Crippen molar-refractivity contribution in [2.45, 2.75) is 6.42 Å². The third-order valence-electron chi connectivity index (χ3n) is 3.77. The summed E-state index contributed by atoms with van der Waals surface area (Å²) in [5.41, 5.74) is -0.245. The van der Waals surface area contributed by atoms with Gasteiger partial charge in [0.25, 0.3) is 0 Å². The number of amides is 2. The van der Waals surface area contributed by atoms with E-state index in [1.54, 1.807) is 0 Å². The molecule has 3 rings (SSSR count). The molecule has 24 heavy (non-hydrogen) atoms. The molecule has 0 spiro atoms. The highest BCUT2D eigenvalue weighted by Gasteiger charge is 2.48. The van der Waals surface area contributed by atoms with Gasteiger partial charge in [0, 0.05) is 5.69 Å². The molecule has 2 amide bonds. The maximum Gasteiger partial charge on any atom is 0.228 e. The minimum absolute atomic E-state index is 0.267. The topological polar surface area (TPSA) is 58.2 Å². The van der Waals surface area contributed by atoms with Gasteiger partial charge in [-0.15, -0.1) is 0 Å². The van der Waals surface area contributed by atoms with Crippen molar-refractivity contribution in [2.75, 3.05) is 10.6 Å². The van der Waals surface area contributed by atoms with Gasteiger partial charge in [-0.2, -0.15) is 0 Å². The summed E-state index contributed by atoms with van der Waals surface area (Å²) in [6.45, 7) is 0. The number of rotatable bonds is 4. The molecule has 0 radical (unpaired) electrons. The third kappa shape index (κ3) is 3.40. The summed E-state index contributed by atoms with van der Waals surface area (Å²) in [4.78, 5) is 24.0. The smallest absolute Gasteiger partial charge is 0.228 e. The Balaban J connectivity index is 1.60. The van der Waals surface area contributed by atoms with Crippen LogP contribution in [0.5, 0.6) is 0 Å². The van der Waals surface area contributed by atoms with E-state index < -0.39 is 46.8 Å². The lowest BCUT2D eigenvalue weighted by atomic mass is 10.2. The van der Waals surface area contributed by atoms with Gasteiger partial charge in [-0.05, 0) is 36.8 Å². The van der Waals surface area contributed by atoms with Crippen molar-refractivity contribution < 1.29 is 22.8 Å². The van der Waals surface area contributed by atoms with Crippen molar-refractivity contribution in [3.63, 3.8) is 0 Å². The van der Waals surface area contributed by atoms with Crippen molar-refractivity contribution in [1.29, 1.82) is 0 Å². The predicted molar refractivity (Wildman–Crippen MR) is 81.6 cm³/mol. The van der Waals surface area contributed by atoms with Crippen LogP contribution < -0.4 is 10.6 Å². The molecule has 1 saturated carbocycles. The summed E-state index contributed by atoms with van der Waals surface area (Å²) >= 11 is 0. The molecule has 7 heteroatoms. The van der Waals surface area contributed by atoms with Crippen molar-refractivity contribution in [3.05, 3.63) is 59.9 Å². The summed E-state index contributed by atoms with van der Waals surface area (Å²) < 4.78 is 40.1. The molecule has 1 fully saturated rings. The number of benzene rings is 2. The van der Waals surface area contributed by atoms with E-state index in [-0.39, 0.29) is 12.1 Å². The van der Waals surface area contributed by atoms with Crippen molar-refractivity contribution in [1.82, 2.24) is 0 Å². The van der Waals surface area contributed by atoms with Crippen LogP contribution in [-0.4, -0.2) is 11.8 Å². The fraction of sp³-hybridized carbons (Fsp3) is 0.176. The molecule has 0 bridgehead atoms. The fourth-order valence-electron chi connectivity index (χ4n) is 2.41. The summed E-state index contributed by atoms with van der Waals surface area (Å²) in [7, 11) is 0. The summed E-state index contributed by atoms with van der Waals surface area (Å²) in [6, 6.07) is 8.61. The van der Waals surface area contributed by atoms with Crippen molar-refractivity contribution in [3.8, 4) is 0 Å². The zero-order chi connectivity index (χ0) is 17.3. The molecule has 4 nitrogen and oxygen atoms in total. The minimum atomic E-state index is -0.884. The monoisotopic (exact) mass is 334 g/mol. The Morgan fingerprint density at radius 1 is 0.875 bits per heavy atom. The number of carbonyl (C=O) groups excluding carboxylic acids is 2. The SMILES string of the molecule is O=C(Nc1cccc(F)c1)C1CC1C(=O)Nc1c(F)cccc1F. The Morgan fingerprint density at radius 3 is 2.08 bits per heavy atom. The van der Waals surface area contributed by atoms with Gasteiger partial charge >= 0.3 is 0 Å². The second-order valence-corrected chi connectivity index (χ2v) is 5.53. The molecule has 2 unspecified atom stereocenters. The number of halogens is 3. The van der Waals surface area contributed by atoms with Crippen LogP contribution in [0.25, 0.3) is 0 Å². The van der Waals surface area contributed by atoms with Crippen LogP contribution in [0.15, 0.2) is 42.5 Å². The number of nitrogens with one attached hydrogen (secondary N) is 2. The van der Waals surface area contributed by atoms with Crippen LogP contribution in [-0.2, 0) is 9.59 Å². The van der Waals surface area contributed by atoms with Crippen LogP contribution in [0.2, 0.25) is 0 Å². The zero-order valence-corrected chi connectivity index (χ0v) is 12.4. The quantitative estimate of drug-likeness (QED) is 0.901. The van der Waals surface area contributed by atoms with E-state index >= 15 is 0 Å². The highest BCUT2D eigenvalue weighted by atomic mass is 19.1. The first-order valence-corrected chi connectivity index (χ1v) is 7.27. The van der Waals surface area contributed by atoms with Crippen LogP contribution in [0, 0.1) is 29.3 Å². The fourth-order valence-corrected chi connectivity index (χ4v) is 2.41. The molecule has 1 aliphatic rings. The maximum absolute atomic E-state index is 13.5. The van der Waals surface area contributed by atoms with E-state index in [2.05, 4.69) is 10.6 Å². The average Bonchev–Trinajstić information content (AvgIpc) is 3.32. The lowest BCUT2D eigenvalue weighted by molar-refractivity contribution is -0.122. The molecular weight excluding hydrogens is 321 g/mol. The number of anilines is 2. The number of para-hydroxylation sites is 1. The molecule has 0 aliphatic heterocycles. The zero-order valence-electron chi connectivity index (χ0n) is 12.4. The van der Waals surface area contributed by atoms with E-state index in [1.807, 2.05) is 0 Å². The van der Waals surface area contributed by atoms with Gasteiger partial charge in [-0.3, -0.25) is 9.59 Å². The molecule has 2 aromatic rings. The predicted octanol–water partition coefficient (Wildman–Crippen LogP) is 3.32. The molecule has 2 aromatic carbocycles. The first-order valence-electron chi connectivity index (χ1n) is 7.27. The molecule has 0 saturated heterocycles. The molecule has 0 aromatic heterocycles. The van der Waals surface area contributed by atoms with E-state index in [9.17, 15) is 22.8 Å². The summed E-state index contributed by atoms with van der Waals surface area (Å²) in [6.07, 6.45) is 0.267. The number of hydrogen-bond donors (Lipinski definition) is 2. The number of carbonyl (C=O) groups is 2. The maximum atomic E-state index is 13.5. The van der Waals surface area contributed by atoms with Gasteiger partial charge in [0.05, 0.1) is 11.8 Å². The summed E-state index contributed by atoms with van der Waals surface area (Å²) in [5, 5.41) is 4.68. The lowest BCUT2D eigenvalue weighted by Crippen LogP contribution is -2.21. The largest absolute Gasteiger partial charge is 0.326 e. The van der Waals surface area contributed by atoms with Gasteiger partial charge in [0.2, 0.25) is 11.8 Å². The van der Waals surface area contributed by atoms with Crippen molar-refractivity contribution >= 4 is 23.2 Å². The van der Waals surface area contributed by atoms with Gasteiger partial charge < -0.3 is 10.6 Å². The Bertz CT molecular complexity index is 790. The minimum Gasteiger partial charge on any atom is -0.326 e. The van der Waals surface area contributed by atoms with Crippen LogP contribution in [0.3, 0.4) is 0 Å². The van der Waals surface area contributed by atoms with E-state index in [4.69, 9.17) is 0 Å². The third-order valence-corrected chi connectivity index (χ3v) is 3.77. The first-order chi connectivity index (χ1) is 11.5. The lowest BCUT2D eigenvalue weighted by Gasteiger charge is -2.08. The Kier molecular flexibility index (Phi) is 4.24. The standard InChI is InChI=1S/C17H13F3N2O2/c18-9-3-1-4-10(7-9)21-16(23)11-8-12(11)17(24)22-15-13(19)5-2-6-14(15)20/h1-7,11-12H,8H2,(H,21,23)(H,22,24). The van der Waals surface area contributed by atoms with E-state index in [1.165, 1.54) is 24.3 Å². The second kappa shape index (κ2) is 6.35. The Labute approximate surface area is 135 Å². The highest BCUT2D eigenvalue weighted by Crippen LogP contribution is 2.40. The van der Waals surface area contributed by atoms with Gasteiger partial charge in [0.1, 0.15) is 23.1 Å². The van der Waals surface area contributed by atoms with Crippen LogP contribution in [0.1, 0.15) is 6.42 Å². The normalized spacial score (nSPS) is 18.8. The first kappa shape index (κ1) is 16.0. The Morgan fingerprint density at radius 2 is 1.46 bits per heavy atom. The molecule has 2 atom stereocenters. The van der Waals surface area contributed by atoms with Gasteiger partial charge in [-0.1, -0.05) is 12.1 Å². The average molecular weight is 334 g/mol. The summed E-state index contributed by atoms with van der Waals surface area (Å²) in [5.74, 6) is -4.60. The molecule has 1 aliphatic carbocycles. The molecule has 0 heterocycles. The molecule has 124 valence electrons. The highest BCUT2D eigenvalue weighted by molar-refractivity contribution is 6.03. The van der Waals surface area contributed by atoms with E-state index in [0.29, 0.717) is 0 Å². The molecule has 2 N–H and O–H groups in total. The van der Waals surface area contributed by atoms with Crippen LogP contribution >= 0.6 is 0 Å². The van der Waals surface area contributed by atoms with Crippen LogP contribution in [0.4, 0.5) is 24.5 Å². The molecular formula is C17H13F3N2O2. The second-order valence-electron chi connectivity index (χ2n) is 5.53. The van der Waals surface area contributed by atoms with Gasteiger partial charge in [-0.25, -0.2) is 13.2 Å².